The first-order valence-electron chi connectivity index (χ1n) is 13.1. The molecule has 0 aromatic heterocycles. The van der Waals surface area contributed by atoms with Crippen molar-refractivity contribution in [3.05, 3.63) is 83.4 Å². The van der Waals surface area contributed by atoms with Gasteiger partial charge >= 0.3 is 6.03 Å². The van der Waals surface area contributed by atoms with Crippen LogP contribution in [0.2, 0.25) is 5.02 Å². The Kier molecular flexibility index (Phi) is 9.54. The molecule has 0 saturated carbocycles. The second kappa shape index (κ2) is 12.9. The maximum absolute atomic E-state index is 13.7. The molecule has 1 aliphatic heterocycles. The predicted molar refractivity (Wildman–Crippen MR) is 158 cm³/mol. The Morgan fingerprint density at radius 2 is 1.78 bits per heavy atom. The summed E-state index contributed by atoms with van der Waals surface area (Å²) in [4.78, 5) is 28.1. The molecule has 4 rings (SSSR count). The lowest BCUT2D eigenvalue weighted by atomic mass is 9.99. The number of fused-ring (bicyclic) bond motifs is 1. The maximum atomic E-state index is 13.7. The topological polar surface area (TPSA) is 128 Å². The fourth-order valence-electron chi connectivity index (χ4n) is 4.50. The van der Waals surface area contributed by atoms with E-state index in [1.54, 1.807) is 54.3 Å². The molecule has 0 bridgehead atoms. The number of aliphatic hydroxyl groups excluding tert-OH is 1. The van der Waals surface area contributed by atoms with E-state index in [4.69, 9.17) is 16.3 Å². The van der Waals surface area contributed by atoms with E-state index in [0.717, 1.165) is 0 Å². The molecule has 3 N–H and O–H groups in total. The summed E-state index contributed by atoms with van der Waals surface area (Å²) >= 11 is 5.94. The van der Waals surface area contributed by atoms with E-state index in [1.165, 1.54) is 35.6 Å². The number of carbonyl (C=O) groups excluding carboxylic acids is 2. The van der Waals surface area contributed by atoms with E-state index in [0.29, 0.717) is 10.7 Å². The van der Waals surface area contributed by atoms with Crippen molar-refractivity contribution in [2.24, 2.45) is 5.92 Å². The molecule has 3 aromatic carbocycles. The van der Waals surface area contributed by atoms with Gasteiger partial charge in [0.25, 0.3) is 5.91 Å². The fraction of sp³-hybridized carbons (Fsp3) is 0.310. The molecule has 0 fully saturated rings. The highest BCUT2D eigenvalue weighted by Crippen LogP contribution is 2.35. The first-order chi connectivity index (χ1) is 19.5. The van der Waals surface area contributed by atoms with Gasteiger partial charge in [0.15, 0.2) is 5.75 Å². The quantitative estimate of drug-likeness (QED) is 0.349. The third-order valence-electron chi connectivity index (χ3n) is 6.93. The molecule has 0 aliphatic carbocycles. The average Bonchev–Trinajstić information content (AvgIpc) is 2.95. The van der Waals surface area contributed by atoms with Crippen molar-refractivity contribution in [3.63, 3.8) is 0 Å². The number of nitrogens with one attached hydrogen (secondary N) is 2. The summed E-state index contributed by atoms with van der Waals surface area (Å²) in [6.45, 7) is 3.48. The van der Waals surface area contributed by atoms with Gasteiger partial charge in [0.05, 0.1) is 35.3 Å². The molecular weight excluding hydrogens is 568 g/mol. The number of nitrogens with zero attached hydrogens (tertiary/aromatic N) is 2. The number of rotatable bonds is 8. The van der Waals surface area contributed by atoms with Crippen LogP contribution in [-0.2, 0) is 10.0 Å². The standard InChI is InChI=1S/C29H33ClN4O6S/c1-19-16-34(20(2)18-35)28(36)24-10-7-11-25(32-29(37)31-22-8-5-4-6-9-22)27(24)40-26(19)17-33(3)41(38,39)23-14-12-21(30)13-15-23/h4-15,19-20,26,35H,16-18H2,1-3H3,(H2,31,32,37)/t19-,20+,26+/m0/s1. The number of halogens is 1. The molecule has 0 spiro atoms. The van der Waals surface area contributed by atoms with Crippen molar-refractivity contribution in [2.75, 3.05) is 37.4 Å². The van der Waals surface area contributed by atoms with Crippen LogP contribution >= 0.6 is 11.6 Å². The summed E-state index contributed by atoms with van der Waals surface area (Å²) in [7, 11) is -2.44. The predicted octanol–water partition coefficient (Wildman–Crippen LogP) is 4.52. The summed E-state index contributed by atoms with van der Waals surface area (Å²) in [6.07, 6.45) is -0.720. The molecule has 3 atom stereocenters. The van der Waals surface area contributed by atoms with Crippen LogP contribution < -0.4 is 15.4 Å². The minimum absolute atomic E-state index is 0.0500. The first kappa shape index (κ1) is 30.3. The van der Waals surface area contributed by atoms with E-state index in [1.807, 2.05) is 13.0 Å². The van der Waals surface area contributed by atoms with Crippen molar-refractivity contribution in [3.8, 4) is 5.75 Å². The molecule has 3 amide bonds. The van der Waals surface area contributed by atoms with Crippen molar-refractivity contribution < 1.29 is 27.9 Å². The molecular formula is C29H33ClN4O6S. The summed E-state index contributed by atoms with van der Waals surface area (Å²) in [6, 6.07) is 18.5. The van der Waals surface area contributed by atoms with E-state index in [2.05, 4.69) is 10.6 Å². The van der Waals surface area contributed by atoms with Gasteiger partial charge in [0, 0.05) is 30.2 Å². The summed E-state index contributed by atoms with van der Waals surface area (Å²) in [5, 5.41) is 15.8. The van der Waals surface area contributed by atoms with E-state index >= 15 is 0 Å². The third kappa shape index (κ3) is 6.99. The Balaban J connectivity index is 1.68. The van der Waals surface area contributed by atoms with Crippen molar-refractivity contribution >= 4 is 44.9 Å². The van der Waals surface area contributed by atoms with Gasteiger partial charge in [-0.2, -0.15) is 4.31 Å². The largest absolute Gasteiger partial charge is 0.486 e. The van der Waals surface area contributed by atoms with Gasteiger partial charge in [0.1, 0.15) is 6.10 Å². The van der Waals surface area contributed by atoms with Crippen LogP contribution in [0.25, 0.3) is 0 Å². The van der Waals surface area contributed by atoms with E-state index in [9.17, 15) is 23.1 Å². The summed E-state index contributed by atoms with van der Waals surface area (Å²) in [5.74, 6) is -0.610. The zero-order chi connectivity index (χ0) is 29.7. The van der Waals surface area contributed by atoms with Gasteiger partial charge in [-0.1, -0.05) is 42.8 Å². The van der Waals surface area contributed by atoms with Crippen LogP contribution in [0.3, 0.4) is 0 Å². The molecule has 0 radical (unpaired) electrons. The Morgan fingerprint density at radius 1 is 1.10 bits per heavy atom. The minimum atomic E-state index is -3.89. The molecule has 41 heavy (non-hydrogen) atoms. The van der Waals surface area contributed by atoms with Gasteiger partial charge in [-0.15, -0.1) is 0 Å². The van der Waals surface area contributed by atoms with Crippen LogP contribution in [-0.4, -0.2) is 73.6 Å². The van der Waals surface area contributed by atoms with Crippen LogP contribution in [0.5, 0.6) is 5.75 Å². The number of aliphatic hydroxyl groups is 1. The van der Waals surface area contributed by atoms with Crippen LogP contribution in [0.4, 0.5) is 16.2 Å². The summed E-state index contributed by atoms with van der Waals surface area (Å²) in [5.41, 5.74) is 0.996. The second-order valence-corrected chi connectivity index (χ2v) is 12.5. The fourth-order valence-corrected chi connectivity index (χ4v) is 5.81. The SMILES string of the molecule is C[C@H](CO)N1C[C@H](C)[C@@H](CN(C)S(=O)(=O)c2ccc(Cl)cc2)Oc2c(NC(=O)Nc3ccccc3)cccc2C1=O. The first-order valence-corrected chi connectivity index (χ1v) is 14.9. The monoisotopic (exact) mass is 600 g/mol. The Hall–Kier alpha value is -3.64. The summed E-state index contributed by atoms with van der Waals surface area (Å²) < 4.78 is 34.3. The third-order valence-corrected chi connectivity index (χ3v) is 9.02. The number of benzene rings is 3. The van der Waals surface area contributed by atoms with Crippen LogP contribution in [0.15, 0.2) is 77.7 Å². The smallest absolute Gasteiger partial charge is 0.323 e. The number of carbonyl (C=O) groups is 2. The number of urea groups is 1. The number of likely N-dealkylation sites (N-methyl/N-ethyl adjacent to an activating group) is 1. The number of para-hydroxylation sites is 2. The normalized spacial score (nSPS) is 18.1. The highest BCUT2D eigenvalue weighted by molar-refractivity contribution is 7.89. The number of hydrogen-bond acceptors (Lipinski definition) is 6. The second-order valence-electron chi connectivity index (χ2n) is 9.99. The molecule has 3 aromatic rings. The van der Waals surface area contributed by atoms with Gasteiger partial charge in [0.2, 0.25) is 10.0 Å². The van der Waals surface area contributed by atoms with Gasteiger partial charge < -0.3 is 25.4 Å². The van der Waals surface area contributed by atoms with E-state index in [-0.39, 0.29) is 53.4 Å². The lowest BCUT2D eigenvalue weighted by Gasteiger charge is -2.38. The highest BCUT2D eigenvalue weighted by Gasteiger charge is 2.36. The van der Waals surface area contributed by atoms with Crippen molar-refractivity contribution in [2.45, 2.75) is 30.9 Å². The van der Waals surface area contributed by atoms with Gasteiger partial charge in [-0.05, 0) is 55.5 Å². The van der Waals surface area contributed by atoms with Crippen molar-refractivity contribution in [1.82, 2.24) is 9.21 Å². The van der Waals surface area contributed by atoms with E-state index < -0.39 is 28.2 Å². The van der Waals surface area contributed by atoms with Gasteiger partial charge in [-0.25, -0.2) is 13.2 Å². The van der Waals surface area contributed by atoms with Crippen LogP contribution in [0.1, 0.15) is 24.2 Å². The molecule has 0 unspecified atom stereocenters. The maximum Gasteiger partial charge on any atom is 0.323 e. The molecule has 10 nitrogen and oxygen atoms in total. The molecule has 218 valence electrons. The number of anilines is 2. The lowest BCUT2D eigenvalue weighted by molar-refractivity contribution is 0.0389. The zero-order valence-electron chi connectivity index (χ0n) is 23.0. The Labute approximate surface area is 244 Å². The number of hydrogen-bond donors (Lipinski definition) is 3. The zero-order valence-corrected chi connectivity index (χ0v) is 24.5. The number of ether oxygens (including phenoxy) is 1. The highest BCUT2D eigenvalue weighted by atomic mass is 35.5. The molecule has 1 heterocycles. The Morgan fingerprint density at radius 3 is 2.44 bits per heavy atom. The minimum Gasteiger partial charge on any atom is -0.486 e. The number of amides is 3. The average molecular weight is 601 g/mol. The van der Waals surface area contributed by atoms with Crippen molar-refractivity contribution in [1.29, 1.82) is 0 Å². The Bertz CT molecular complexity index is 1490. The molecule has 1 aliphatic rings. The molecule has 0 saturated heterocycles. The molecule has 12 heteroatoms. The van der Waals surface area contributed by atoms with Gasteiger partial charge in [-0.3, -0.25) is 4.79 Å². The lowest BCUT2D eigenvalue weighted by Crippen LogP contribution is -2.50. The van der Waals surface area contributed by atoms with Crippen LogP contribution in [0, 0.1) is 5.92 Å². The number of sulfonamides is 1.